The van der Waals surface area contributed by atoms with E-state index >= 15 is 0 Å². The molecular formula is C19H22FNO5S2. The van der Waals surface area contributed by atoms with E-state index in [4.69, 9.17) is 4.74 Å². The minimum absolute atomic E-state index is 0.0764. The minimum atomic E-state index is -3.92. The van der Waals surface area contributed by atoms with Crippen molar-refractivity contribution in [1.82, 2.24) is 5.32 Å². The fraction of sp³-hybridized carbons (Fsp3) is 0.368. The Morgan fingerprint density at radius 3 is 2.46 bits per heavy atom. The Balaban J connectivity index is 1.76. The van der Waals surface area contributed by atoms with Crippen molar-refractivity contribution in [2.24, 2.45) is 0 Å². The summed E-state index contributed by atoms with van der Waals surface area (Å²) in [4.78, 5) is -0.0764. The molecule has 1 N–H and O–H groups in total. The molecule has 3 rings (SSSR count). The van der Waals surface area contributed by atoms with Crippen LogP contribution in [0.25, 0.3) is 0 Å². The monoisotopic (exact) mass is 427 g/mol. The Labute approximate surface area is 164 Å². The molecule has 1 aliphatic heterocycles. The van der Waals surface area contributed by atoms with Crippen LogP contribution in [0, 0.1) is 5.82 Å². The summed E-state index contributed by atoms with van der Waals surface area (Å²) in [6.07, 6.45) is 0.559. The normalized spacial score (nSPS) is 21.5. The number of hydrogen-bond donors (Lipinski definition) is 1. The van der Waals surface area contributed by atoms with E-state index in [9.17, 15) is 21.2 Å². The van der Waals surface area contributed by atoms with E-state index in [1.54, 1.807) is 7.11 Å². The largest absolute Gasteiger partial charge is 0.496 e. The van der Waals surface area contributed by atoms with Gasteiger partial charge in [0, 0.05) is 6.04 Å². The molecule has 0 saturated carbocycles. The maximum absolute atomic E-state index is 13.1. The zero-order valence-electron chi connectivity index (χ0n) is 15.3. The van der Waals surface area contributed by atoms with E-state index in [-0.39, 0.29) is 10.6 Å². The molecule has 0 amide bonds. The van der Waals surface area contributed by atoms with Gasteiger partial charge in [0.1, 0.15) is 11.6 Å². The van der Waals surface area contributed by atoms with Crippen molar-refractivity contribution in [2.75, 3.05) is 25.2 Å². The molecule has 0 aliphatic carbocycles. The molecule has 1 heterocycles. The Hall–Kier alpha value is -1.97. The maximum atomic E-state index is 13.1. The summed E-state index contributed by atoms with van der Waals surface area (Å²) in [5.41, 5.74) is 0.941. The van der Waals surface area contributed by atoms with E-state index in [2.05, 4.69) is 5.32 Å². The summed E-state index contributed by atoms with van der Waals surface area (Å²) in [7, 11) is -5.84. The molecule has 6 nitrogen and oxygen atoms in total. The summed E-state index contributed by atoms with van der Waals surface area (Å²) in [5, 5.41) is 1.98. The molecule has 152 valence electrons. The van der Waals surface area contributed by atoms with Crippen molar-refractivity contribution >= 4 is 19.7 Å². The lowest BCUT2D eigenvalue weighted by Crippen LogP contribution is -2.44. The van der Waals surface area contributed by atoms with Gasteiger partial charge in [-0.1, -0.05) is 18.2 Å². The summed E-state index contributed by atoms with van der Waals surface area (Å²) < 4.78 is 68.5. The first kappa shape index (κ1) is 20.8. The van der Waals surface area contributed by atoms with Crippen LogP contribution in [0.15, 0.2) is 53.4 Å². The predicted octanol–water partition coefficient (Wildman–Crippen LogP) is 1.61. The Morgan fingerprint density at radius 2 is 1.79 bits per heavy atom. The minimum Gasteiger partial charge on any atom is -0.496 e. The smallest absolute Gasteiger partial charge is 0.183 e. The molecule has 28 heavy (non-hydrogen) atoms. The number of benzene rings is 2. The van der Waals surface area contributed by atoms with Crippen molar-refractivity contribution in [3.8, 4) is 5.75 Å². The first-order chi connectivity index (χ1) is 13.2. The molecule has 1 aliphatic rings. The third kappa shape index (κ3) is 4.53. The number of hydrogen-bond acceptors (Lipinski definition) is 6. The van der Waals surface area contributed by atoms with Gasteiger partial charge in [0.2, 0.25) is 0 Å². The van der Waals surface area contributed by atoms with E-state index in [0.29, 0.717) is 13.0 Å². The second-order valence-corrected chi connectivity index (χ2v) is 11.1. The van der Waals surface area contributed by atoms with Crippen LogP contribution in [0.3, 0.4) is 0 Å². The first-order valence-corrected chi connectivity index (χ1v) is 12.1. The van der Waals surface area contributed by atoms with Crippen LogP contribution < -0.4 is 10.1 Å². The number of nitrogens with one attached hydrogen (secondary N) is 1. The number of sulfone groups is 2. The van der Waals surface area contributed by atoms with Crippen molar-refractivity contribution in [3.05, 3.63) is 59.9 Å². The third-order valence-corrected chi connectivity index (χ3v) is 9.00. The molecule has 9 heteroatoms. The van der Waals surface area contributed by atoms with Gasteiger partial charge in [-0.2, -0.15) is 0 Å². The van der Waals surface area contributed by atoms with Gasteiger partial charge >= 0.3 is 0 Å². The van der Waals surface area contributed by atoms with E-state index < -0.39 is 42.5 Å². The van der Waals surface area contributed by atoms with Gasteiger partial charge in [-0.15, -0.1) is 0 Å². The standard InChI is InChI=1S/C19H22FNO5S2/c1-26-18-5-3-2-4-14(18)10-11-21-17-12-27(22,23)13-19(17)28(24,25)16-8-6-15(20)7-9-16/h2-9,17,19,21H,10-13H2,1H3/t17-,19-/m0/s1. The van der Waals surface area contributed by atoms with Crippen LogP contribution in [0.2, 0.25) is 0 Å². The zero-order valence-corrected chi connectivity index (χ0v) is 17.0. The topological polar surface area (TPSA) is 89.5 Å². The molecule has 2 atom stereocenters. The first-order valence-electron chi connectivity index (χ1n) is 8.78. The molecule has 2 aromatic rings. The van der Waals surface area contributed by atoms with Crippen LogP contribution in [0.1, 0.15) is 5.56 Å². The summed E-state index contributed by atoms with van der Waals surface area (Å²) in [6.45, 7) is 0.399. The van der Waals surface area contributed by atoms with Crippen LogP contribution in [-0.2, 0) is 26.1 Å². The van der Waals surface area contributed by atoms with Crippen molar-refractivity contribution in [2.45, 2.75) is 22.6 Å². The average molecular weight is 428 g/mol. The van der Waals surface area contributed by atoms with Gasteiger partial charge in [-0.3, -0.25) is 0 Å². The quantitative estimate of drug-likeness (QED) is 0.676. The van der Waals surface area contributed by atoms with E-state index in [1.165, 1.54) is 12.1 Å². The number of halogens is 1. The molecule has 0 unspecified atom stereocenters. The number of methoxy groups -OCH3 is 1. The zero-order chi connectivity index (χ0) is 20.4. The van der Waals surface area contributed by atoms with Crippen LogP contribution >= 0.6 is 0 Å². The summed E-state index contributed by atoms with van der Waals surface area (Å²) >= 11 is 0. The van der Waals surface area contributed by atoms with Crippen molar-refractivity contribution in [3.63, 3.8) is 0 Å². The average Bonchev–Trinajstić information content (AvgIpc) is 2.98. The van der Waals surface area contributed by atoms with E-state index in [1.807, 2.05) is 24.3 Å². The van der Waals surface area contributed by atoms with Gasteiger partial charge in [-0.25, -0.2) is 21.2 Å². The van der Waals surface area contributed by atoms with Crippen LogP contribution in [0.5, 0.6) is 5.75 Å². The molecule has 1 fully saturated rings. The molecule has 2 aromatic carbocycles. The number of para-hydroxylation sites is 1. The lowest BCUT2D eigenvalue weighted by atomic mass is 10.1. The van der Waals surface area contributed by atoms with Crippen LogP contribution in [0.4, 0.5) is 4.39 Å². The summed E-state index contributed by atoms with van der Waals surface area (Å²) in [5.74, 6) is -0.522. The SMILES string of the molecule is COc1ccccc1CCN[C@H]1CS(=O)(=O)C[C@@H]1S(=O)(=O)c1ccc(F)cc1. The second-order valence-electron chi connectivity index (χ2n) is 6.74. The maximum Gasteiger partial charge on any atom is 0.183 e. The Bertz CT molecular complexity index is 1040. The highest BCUT2D eigenvalue weighted by molar-refractivity contribution is 7.96. The summed E-state index contributed by atoms with van der Waals surface area (Å²) in [6, 6.07) is 11.2. The number of rotatable bonds is 7. The highest BCUT2D eigenvalue weighted by atomic mass is 32.2. The van der Waals surface area contributed by atoms with Gasteiger partial charge in [0.05, 0.1) is 28.8 Å². The van der Waals surface area contributed by atoms with E-state index in [0.717, 1.165) is 23.4 Å². The Kier molecular flexibility index (Phi) is 6.07. The third-order valence-electron chi connectivity index (χ3n) is 4.83. The fourth-order valence-corrected chi connectivity index (χ4v) is 8.13. The van der Waals surface area contributed by atoms with Gasteiger partial charge in [0.15, 0.2) is 19.7 Å². The lowest BCUT2D eigenvalue weighted by molar-refractivity contribution is 0.408. The molecule has 1 saturated heterocycles. The molecule has 0 aromatic heterocycles. The molecule has 0 spiro atoms. The molecule has 0 radical (unpaired) electrons. The second kappa shape index (κ2) is 8.18. The molecule has 0 bridgehead atoms. The fourth-order valence-electron chi connectivity index (χ4n) is 3.41. The van der Waals surface area contributed by atoms with Crippen molar-refractivity contribution < 1.29 is 26.0 Å². The van der Waals surface area contributed by atoms with Crippen LogP contribution in [-0.4, -0.2) is 53.3 Å². The highest BCUT2D eigenvalue weighted by Crippen LogP contribution is 2.26. The Morgan fingerprint density at radius 1 is 1.11 bits per heavy atom. The van der Waals surface area contributed by atoms with Crippen molar-refractivity contribution in [1.29, 1.82) is 0 Å². The van der Waals surface area contributed by atoms with Gasteiger partial charge in [-0.05, 0) is 48.9 Å². The lowest BCUT2D eigenvalue weighted by Gasteiger charge is -2.20. The molecular weight excluding hydrogens is 405 g/mol. The van der Waals surface area contributed by atoms with Gasteiger partial charge < -0.3 is 10.1 Å². The number of ether oxygens (including phenoxy) is 1. The highest BCUT2D eigenvalue weighted by Gasteiger charge is 2.45. The van der Waals surface area contributed by atoms with Gasteiger partial charge in [0.25, 0.3) is 0 Å². The predicted molar refractivity (Wildman–Crippen MR) is 105 cm³/mol.